The number of aliphatic imine (C=N–C) groups is 1. The van der Waals surface area contributed by atoms with Gasteiger partial charge in [-0.2, -0.15) is 5.10 Å². The number of nitrogens with zero attached hydrogens (tertiary/aromatic N) is 3. The SMILES string of the molecule is CCNC(=NCc1cnn(C)c1)NCC(C)Oc1ccccc1C.I. The first kappa shape index (κ1) is 21.3. The molecule has 7 heteroatoms. The molecule has 2 N–H and O–H groups in total. The van der Waals surface area contributed by atoms with E-state index in [4.69, 9.17) is 4.74 Å². The lowest BCUT2D eigenvalue weighted by atomic mass is 10.2. The highest BCUT2D eigenvalue weighted by molar-refractivity contribution is 14.0. The van der Waals surface area contributed by atoms with E-state index in [1.54, 1.807) is 4.68 Å². The van der Waals surface area contributed by atoms with Gasteiger partial charge < -0.3 is 15.4 Å². The predicted molar refractivity (Wildman–Crippen MR) is 113 cm³/mol. The maximum atomic E-state index is 5.98. The lowest BCUT2D eigenvalue weighted by Crippen LogP contribution is -2.41. The van der Waals surface area contributed by atoms with Gasteiger partial charge in [-0.3, -0.25) is 4.68 Å². The van der Waals surface area contributed by atoms with Crippen LogP contribution in [0.3, 0.4) is 0 Å². The summed E-state index contributed by atoms with van der Waals surface area (Å²) in [5.41, 5.74) is 2.22. The third-order valence-electron chi connectivity index (χ3n) is 3.50. The van der Waals surface area contributed by atoms with Crippen molar-refractivity contribution in [2.75, 3.05) is 13.1 Å². The van der Waals surface area contributed by atoms with Crippen LogP contribution in [0.15, 0.2) is 41.7 Å². The van der Waals surface area contributed by atoms with Crippen molar-refractivity contribution >= 4 is 29.9 Å². The summed E-state index contributed by atoms with van der Waals surface area (Å²) in [4.78, 5) is 4.58. The number of ether oxygens (including phenoxy) is 1. The Morgan fingerprint density at radius 1 is 1.32 bits per heavy atom. The molecule has 6 nitrogen and oxygen atoms in total. The Morgan fingerprint density at radius 2 is 2.08 bits per heavy atom. The van der Waals surface area contributed by atoms with E-state index in [-0.39, 0.29) is 30.1 Å². The number of aryl methyl sites for hydroxylation is 2. The lowest BCUT2D eigenvalue weighted by molar-refractivity contribution is 0.222. The van der Waals surface area contributed by atoms with Gasteiger partial charge in [-0.05, 0) is 32.4 Å². The summed E-state index contributed by atoms with van der Waals surface area (Å²) in [6, 6.07) is 8.05. The van der Waals surface area contributed by atoms with Gasteiger partial charge in [0.25, 0.3) is 0 Å². The molecule has 1 aromatic carbocycles. The molecule has 0 fully saturated rings. The molecule has 0 saturated carbocycles. The molecule has 0 amide bonds. The van der Waals surface area contributed by atoms with Crippen LogP contribution in [0.4, 0.5) is 0 Å². The van der Waals surface area contributed by atoms with Crippen LogP contribution in [0.5, 0.6) is 5.75 Å². The molecule has 25 heavy (non-hydrogen) atoms. The van der Waals surface area contributed by atoms with E-state index >= 15 is 0 Å². The first-order chi connectivity index (χ1) is 11.6. The van der Waals surface area contributed by atoms with Crippen LogP contribution in [0.25, 0.3) is 0 Å². The van der Waals surface area contributed by atoms with E-state index in [0.29, 0.717) is 13.1 Å². The van der Waals surface area contributed by atoms with E-state index in [0.717, 1.165) is 29.4 Å². The number of aromatic nitrogens is 2. The van der Waals surface area contributed by atoms with Gasteiger partial charge in [0.2, 0.25) is 0 Å². The molecule has 138 valence electrons. The first-order valence-corrected chi connectivity index (χ1v) is 8.30. The second kappa shape index (κ2) is 11.0. The highest BCUT2D eigenvalue weighted by Gasteiger charge is 2.07. The number of halogens is 1. The minimum Gasteiger partial charge on any atom is -0.489 e. The number of hydrogen-bond acceptors (Lipinski definition) is 3. The fraction of sp³-hybridized carbons (Fsp3) is 0.444. The molecule has 2 aromatic rings. The summed E-state index contributed by atoms with van der Waals surface area (Å²) in [5.74, 6) is 1.70. The number of nitrogens with one attached hydrogen (secondary N) is 2. The molecule has 0 aliphatic rings. The maximum Gasteiger partial charge on any atom is 0.191 e. The van der Waals surface area contributed by atoms with Gasteiger partial charge in [0.1, 0.15) is 11.9 Å². The van der Waals surface area contributed by atoms with Gasteiger partial charge in [-0.25, -0.2) is 4.99 Å². The molecule has 1 heterocycles. The molecule has 0 saturated heterocycles. The van der Waals surface area contributed by atoms with Crippen molar-refractivity contribution in [2.45, 2.75) is 33.4 Å². The predicted octanol–water partition coefficient (Wildman–Crippen LogP) is 2.87. The summed E-state index contributed by atoms with van der Waals surface area (Å²) in [6.07, 6.45) is 3.84. The van der Waals surface area contributed by atoms with Gasteiger partial charge >= 0.3 is 0 Å². The molecule has 0 radical (unpaired) electrons. The van der Waals surface area contributed by atoms with Gasteiger partial charge in [-0.15, -0.1) is 24.0 Å². The van der Waals surface area contributed by atoms with Crippen molar-refractivity contribution in [3.8, 4) is 5.75 Å². The van der Waals surface area contributed by atoms with Crippen molar-refractivity contribution in [1.29, 1.82) is 0 Å². The zero-order chi connectivity index (χ0) is 17.4. The van der Waals surface area contributed by atoms with Gasteiger partial charge in [-0.1, -0.05) is 18.2 Å². The molecule has 0 spiro atoms. The lowest BCUT2D eigenvalue weighted by Gasteiger charge is -2.18. The molecular formula is C18H28IN5O. The summed E-state index contributed by atoms with van der Waals surface area (Å²) < 4.78 is 7.76. The van der Waals surface area contributed by atoms with Crippen LogP contribution in [0.2, 0.25) is 0 Å². The fourth-order valence-corrected chi connectivity index (χ4v) is 2.25. The van der Waals surface area contributed by atoms with Crippen molar-refractivity contribution in [1.82, 2.24) is 20.4 Å². The normalized spacial score (nSPS) is 12.2. The zero-order valence-corrected chi connectivity index (χ0v) is 17.7. The molecule has 0 bridgehead atoms. The smallest absolute Gasteiger partial charge is 0.191 e. The quantitative estimate of drug-likeness (QED) is 0.382. The Kier molecular flexibility index (Phi) is 9.33. The third-order valence-corrected chi connectivity index (χ3v) is 3.50. The van der Waals surface area contributed by atoms with Crippen LogP contribution in [-0.4, -0.2) is 34.9 Å². The van der Waals surface area contributed by atoms with Crippen molar-refractivity contribution in [2.24, 2.45) is 12.0 Å². The number of rotatable bonds is 7. The van der Waals surface area contributed by atoms with Gasteiger partial charge in [0, 0.05) is 25.4 Å². The highest BCUT2D eigenvalue weighted by Crippen LogP contribution is 2.17. The van der Waals surface area contributed by atoms with E-state index in [1.807, 2.05) is 44.6 Å². The van der Waals surface area contributed by atoms with Gasteiger partial charge in [0.15, 0.2) is 5.96 Å². The molecule has 2 rings (SSSR count). The van der Waals surface area contributed by atoms with E-state index in [1.165, 1.54) is 0 Å². The number of para-hydroxylation sites is 1. The zero-order valence-electron chi connectivity index (χ0n) is 15.3. The highest BCUT2D eigenvalue weighted by atomic mass is 127. The summed E-state index contributed by atoms with van der Waals surface area (Å²) >= 11 is 0. The molecular weight excluding hydrogens is 429 g/mol. The Bertz CT molecular complexity index is 671. The summed E-state index contributed by atoms with van der Waals surface area (Å²) in [6.45, 7) is 8.23. The second-order valence-electron chi connectivity index (χ2n) is 5.79. The second-order valence-corrected chi connectivity index (χ2v) is 5.79. The van der Waals surface area contributed by atoms with Crippen LogP contribution in [0, 0.1) is 6.92 Å². The van der Waals surface area contributed by atoms with Crippen LogP contribution >= 0.6 is 24.0 Å². The number of benzene rings is 1. The van der Waals surface area contributed by atoms with Crippen LogP contribution in [0.1, 0.15) is 25.0 Å². The van der Waals surface area contributed by atoms with E-state index < -0.39 is 0 Å². The Morgan fingerprint density at radius 3 is 2.72 bits per heavy atom. The van der Waals surface area contributed by atoms with Crippen molar-refractivity contribution < 1.29 is 4.74 Å². The van der Waals surface area contributed by atoms with E-state index in [2.05, 4.69) is 40.6 Å². The van der Waals surface area contributed by atoms with Gasteiger partial charge in [0.05, 0.1) is 19.3 Å². The number of hydrogen-bond donors (Lipinski definition) is 2. The first-order valence-electron chi connectivity index (χ1n) is 8.30. The third kappa shape index (κ3) is 7.33. The number of guanidine groups is 1. The Hall–Kier alpha value is -1.77. The fourth-order valence-electron chi connectivity index (χ4n) is 2.25. The monoisotopic (exact) mass is 457 g/mol. The molecule has 1 aromatic heterocycles. The summed E-state index contributed by atoms with van der Waals surface area (Å²) in [5, 5.41) is 10.7. The van der Waals surface area contributed by atoms with Crippen molar-refractivity contribution in [3.05, 3.63) is 47.8 Å². The van der Waals surface area contributed by atoms with Crippen LogP contribution in [-0.2, 0) is 13.6 Å². The molecule has 0 aliphatic heterocycles. The minimum atomic E-state index is 0. The largest absolute Gasteiger partial charge is 0.489 e. The Balaban J connectivity index is 0.00000312. The Labute approximate surface area is 167 Å². The summed E-state index contributed by atoms with van der Waals surface area (Å²) in [7, 11) is 1.90. The minimum absolute atomic E-state index is 0. The molecule has 1 unspecified atom stereocenters. The average Bonchev–Trinajstić information content (AvgIpc) is 2.98. The topological polar surface area (TPSA) is 63.5 Å². The average molecular weight is 457 g/mol. The van der Waals surface area contributed by atoms with Crippen LogP contribution < -0.4 is 15.4 Å². The van der Waals surface area contributed by atoms with E-state index in [9.17, 15) is 0 Å². The molecule has 1 atom stereocenters. The standard InChI is InChI=1S/C18H27N5O.HI/c1-5-19-18(21-11-16-12-22-23(4)13-16)20-10-15(3)24-17-9-7-6-8-14(17)2;/h6-9,12-13,15H,5,10-11H2,1-4H3,(H2,19,20,21);1H. The van der Waals surface area contributed by atoms with Crippen molar-refractivity contribution in [3.63, 3.8) is 0 Å². The molecule has 0 aliphatic carbocycles. The maximum absolute atomic E-state index is 5.98.